The highest BCUT2D eigenvalue weighted by atomic mass is 32.1. The smallest absolute Gasteiger partial charge is 0.267 e. The number of hydrogen-bond donors (Lipinski definition) is 1. The highest BCUT2D eigenvalue weighted by Gasteiger charge is 2.12. The fourth-order valence-corrected chi connectivity index (χ4v) is 2.89. The number of nitrogens with zero attached hydrogens (tertiary/aromatic N) is 2. The van der Waals surface area contributed by atoms with Crippen molar-refractivity contribution >= 4 is 11.3 Å². The molecule has 0 saturated heterocycles. The summed E-state index contributed by atoms with van der Waals surface area (Å²) in [6.07, 6.45) is 1.79. The van der Waals surface area contributed by atoms with E-state index in [1.165, 1.54) is 4.88 Å². The van der Waals surface area contributed by atoms with Crippen LogP contribution in [0.25, 0.3) is 0 Å². The Morgan fingerprint density at radius 1 is 1.50 bits per heavy atom. The van der Waals surface area contributed by atoms with E-state index in [2.05, 4.69) is 21.9 Å². The Kier molecular flexibility index (Phi) is 3.25. The van der Waals surface area contributed by atoms with Crippen LogP contribution in [-0.4, -0.2) is 16.3 Å². The molecule has 0 radical (unpaired) electrons. The summed E-state index contributed by atoms with van der Waals surface area (Å²) in [5.74, 6) is 0. The maximum Gasteiger partial charge on any atom is 0.267 e. The molecule has 3 rings (SSSR count). The molecule has 0 spiro atoms. The Hall–Kier alpha value is -1.46. The third kappa shape index (κ3) is 2.37. The van der Waals surface area contributed by atoms with E-state index >= 15 is 0 Å². The van der Waals surface area contributed by atoms with Gasteiger partial charge in [-0.25, -0.2) is 4.68 Å². The topological polar surface area (TPSA) is 46.9 Å². The fourth-order valence-electron chi connectivity index (χ4n) is 2.19. The van der Waals surface area contributed by atoms with Gasteiger partial charge in [-0.2, -0.15) is 5.10 Å². The third-order valence-electron chi connectivity index (χ3n) is 3.17. The van der Waals surface area contributed by atoms with Gasteiger partial charge in [0.25, 0.3) is 5.56 Å². The number of rotatable bonds is 3. The van der Waals surface area contributed by atoms with E-state index in [-0.39, 0.29) is 5.56 Å². The van der Waals surface area contributed by atoms with Crippen molar-refractivity contribution in [3.63, 3.8) is 0 Å². The van der Waals surface area contributed by atoms with Crippen molar-refractivity contribution in [3.05, 3.63) is 50.1 Å². The van der Waals surface area contributed by atoms with Gasteiger partial charge in [0.1, 0.15) is 0 Å². The van der Waals surface area contributed by atoms with Gasteiger partial charge in [0.05, 0.1) is 5.69 Å². The van der Waals surface area contributed by atoms with Crippen molar-refractivity contribution in [2.24, 2.45) is 0 Å². The van der Waals surface area contributed by atoms with Crippen molar-refractivity contribution < 1.29 is 0 Å². The van der Waals surface area contributed by atoms with Gasteiger partial charge in [-0.3, -0.25) is 4.79 Å². The minimum atomic E-state index is 0.00834. The van der Waals surface area contributed by atoms with Crippen molar-refractivity contribution in [2.75, 3.05) is 6.54 Å². The molecular formula is C13H15N3OS. The maximum atomic E-state index is 11.9. The molecule has 0 unspecified atom stereocenters. The molecule has 0 atom stereocenters. The molecule has 1 N–H and O–H groups in total. The summed E-state index contributed by atoms with van der Waals surface area (Å²) < 4.78 is 1.60. The summed E-state index contributed by atoms with van der Waals surface area (Å²) in [5, 5.41) is 9.80. The van der Waals surface area contributed by atoms with Crippen molar-refractivity contribution in [1.82, 2.24) is 15.1 Å². The van der Waals surface area contributed by atoms with Crippen LogP contribution in [0.3, 0.4) is 0 Å². The van der Waals surface area contributed by atoms with E-state index in [1.54, 1.807) is 22.1 Å². The van der Waals surface area contributed by atoms with Crippen LogP contribution >= 0.6 is 11.3 Å². The zero-order valence-electron chi connectivity index (χ0n) is 10.1. The highest BCUT2D eigenvalue weighted by Crippen LogP contribution is 2.11. The quantitative estimate of drug-likeness (QED) is 0.903. The molecule has 0 aliphatic carbocycles. The first-order valence-corrected chi connectivity index (χ1v) is 7.04. The molecule has 0 bridgehead atoms. The Morgan fingerprint density at radius 2 is 2.44 bits per heavy atom. The lowest BCUT2D eigenvalue weighted by Gasteiger charge is -2.16. The first-order chi connectivity index (χ1) is 8.83. The Morgan fingerprint density at radius 3 is 3.28 bits per heavy atom. The van der Waals surface area contributed by atoms with Crippen molar-refractivity contribution in [1.29, 1.82) is 0 Å². The third-order valence-corrected chi connectivity index (χ3v) is 4.10. The molecule has 4 nitrogen and oxygen atoms in total. The average Bonchev–Trinajstić information content (AvgIpc) is 2.89. The zero-order valence-corrected chi connectivity index (χ0v) is 10.9. The Labute approximate surface area is 109 Å². The molecule has 1 aliphatic heterocycles. The highest BCUT2D eigenvalue weighted by molar-refractivity contribution is 7.09. The average molecular weight is 261 g/mol. The predicted octanol–water partition coefficient (Wildman–Crippen LogP) is 1.19. The molecule has 0 amide bonds. The first-order valence-electron chi connectivity index (χ1n) is 6.16. The van der Waals surface area contributed by atoms with Gasteiger partial charge in [-0.05, 0) is 17.0 Å². The lowest BCUT2D eigenvalue weighted by Crippen LogP contribution is -2.32. The van der Waals surface area contributed by atoms with Crippen LogP contribution in [0.1, 0.15) is 16.1 Å². The van der Waals surface area contributed by atoms with Gasteiger partial charge in [0.2, 0.25) is 0 Å². The standard InChI is InChI=1S/C13H15N3OS/c17-13-8-10-9-14-5-3-12(10)15-16(13)6-4-11-2-1-7-18-11/h1-2,7-8,14H,3-6,9H2. The second-order valence-corrected chi connectivity index (χ2v) is 5.47. The van der Waals surface area contributed by atoms with E-state index < -0.39 is 0 Å². The second kappa shape index (κ2) is 5.04. The van der Waals surface area contributed by atoms with Crippen LogP contribution in [0, 0.1) is 0 Å². The van der Waals surface area contributed by atoms with Crippen LogP contribution in [0.5, 0.6) is 0 Å². The Balaban J connectivity index is 1.81. The van der Waals surface area contributed by atoms with E-state index in [4.69, 9.17) is 0 Å². The number of aryl methyl sites for hydroxylation is 2. The fraction of sp³-hybridized carbons (Fsp3) is 0.385. The molecule has 0 aromatic carbocycles. The molecule has 0 fully saturated rings. The molecule has 1 aliphatic rings. The molecule has 0 saturated carbocycles. The number of nitrogens with one attached hydrogen (secondary N) is 1. The maximum absolute atomic E-state index is 11.9. The number of thiophene rings is 1. The lowest BCUT2D eigenvalue weighted by molar-refractivity contribution is 0.534. The lowest BCUT2D eigenvalue weighted by atomic mass is 10.1. The van der Waals surface area contributed by atoms with E-state index in [1.807, 2.05) is 6.07 Å². The number of aromatic nitrogens is 2. The largest absolute Gasteiger partial charge is 0.312 e. The normalized spacial score (nSPS) is 14.4. The van der Waals surface area contributed by atoms with E-state index in [9.17, 15) is 4.79 Å². The molecule has 18 heavy (non-hydrogen) atoms. The Bertz CT molecular complexity index is 589. The van der Waals surface area contributed by atoms with Crippen molar-refractivity contribution in [2.45, 2.75) is 25.9 Å². The summed E-state index contributed by atoms with van der Waals surface area (Å²) in [6.45, 7) is 2.38. The van der Waals surface area contributed by atoms with Gasteiger partial charge in [0, 0.05) is 43.4 Å². The van der Waals surface area contributed by atoms with Gasteiger partial charge in [-0.1, -0.05) is 6.07 Å². The van der Waals surface area contributed by atoms with E-state index in [0.717, 1.165) is 37.2 Å². The number of fused-ring (bicyclic) bond motifs is 1. The molecular weight excluding hydrogens is 246 g/mol. The summed E-state index contributed by atoms with van der Waals surface area (Å²) in [6, 6.07) is 5.86. The molecule has 3 heterocycles. The van der Waals surface area contributed by atoms with Crippen molar-refractivity contribution in [3.8, 4) is 0 Å². The SMILES string of the molecule is O=c1cc2c(nn1CCc1cccs1)CCNC2. The molecule has 5 heteroatoms. The molecule has 2 aromatic rings. The minimum absolute atomic E-state index is 0.00834. The molecule has 94 valence electrons. The van der Waals surface area contributed by atoms with Crippen LogP contribution in [0.15, 0.2) is 28.4 Å². The van der Waals surface area contributed by atoms with Gasteiger partial charge >= 0.3 is 0 Å². The second-order valence-electron chi connectivity index (χ2n) is 4.43. The van der Waals surface area contributed by atoms with Crippen LogP contribution < -0.4 is 10.9 Å². The van der Waals surface area contributed by atoms with Crippen LogP contribution in [0.4, 0.5) is 0 Å². The van der Waals surface area contributed by atoms with Gasteiger partial charge in [0.15, 0.2) is 0 Å². The van der Waals surface area contributed by atoms with E-state index in [0.29, 0.717) is 6.54 Å². The number of hydrogen-bond acceptors (Lipinski definition) is 4. The zero-order chi connectivity index (χ0) is 12.4. The van der Waals surface area contributed by atoms with Gasteiger partial charge < -0.3 is 5.32 Å². The summed E-state index contributed by atoms with van der Waals surface area (Å²) in [5.41, 5.74) is 2.13. The van der Waals surface area contributed by atoms with Crippen LogP contribution in [0.2, 0.25) is 0 Å². The van der Waals surface area contributed by atoms with Gasteiger partial charge in [-0.15, -0.1) is 11.3 Å². The summed E-state index contributed by atoms with van der Waals surface area (Å²) in [7, 11) is 0. The minimum Gasteiger partial charge on any atom is -0.312 e. The summed E-state index contributed by atoms with van der Waals surface area (Å²) in [4.78, 5) is 13.2. The molecule has 2 aromatic heterocycles. The first kappa shape index (κ1) is 11.6. The van der Waals surface area contributed by atoms with Crippen LogP contribution in [-0.2, 0) is 25.9 Å². The summed E-state index contributed by atoms with van der Waals surface area (Å²) >= 11 is 1.72. The monoisotopic (exact) mass is 261 g/mol. The predicted molar refractivity (Wildman–Crippen MR) is 71.9 cm³/mol.